The Morgan fingerprint density at radius 1 is 0.741 bits per heavy atom. The molecule has 0 aliphatic heterocycles. The van der Waals surface area contributed by atoms with Crippen molar-refractivity contribution in [3.05, 3.63) is 62.9 Å². The summed E-state index contributed by atoms with van der Waals surface area (Å²) < 4.78 is 0. The van der Waals surface area contributed by atoms with Crippen LogP contribution in [0.2, 0.25) is 0 Å². The van der Waals surface area contributed by atoms with Crippen molar-refractivity contribution in [2.24, 2.45) is 0 Å². The van der Waals surface area contributed by atoms with E-state index in [-0.39, 0.29) is 32.9 Å². The third kappa shape index (κ3) is 8.95. The molecule has 0 N–H and O–H groups in total. The molecular weight excluding hydrogens is 406 g/mol. The van der Waals surface area contributed by atoms with E-state index in [0.717, 1.165) is 0 Å². The molecule has 1 atom stereocenters. The predicted molar refractivity (Wildman–Crippen MR) is 125 cm³/mol. The van der Waals surface area contributed by atoms with Crippen LogP contribution in [0.5, 0.6) is 0 Å². The zero-order valence-electron chi connectivity index (χ0n) is 18.9. The molecule has 0 aromatic heterocycles. The normalized spacial score (nSPS) is 20.6. The molecule has 0 aromatic carbocycles. The molecule has 3 heteroatoms. The Hall–Kier alpha value is 1.38. The summed E-state index contributed by atoms with van der Waals surface area (Å²) in [6.07, 6.45) is 19.7. The van der Waals surface area contributed by atoms with E-state index in [2.05, 4.69) is 81.6 Å². The standard InChI is InChI=1S/C19H35P2.C5H5.Fe/c1-10-20(11-2)17-14-12-13-16(17)15(3)21(18(4,5)6)19(7,8)9;1-2-4-5-3-1;/h12-15H,10-11H2,1-9H3;1-5H;/q;;+2. The van der Waals surface area contributed by atoms with Crippen molar-refractivity contribution >= 4 is 15.8 Å². The van der Waals surface area contributed by atoms with E-state index < -0.39 is 0 Å². The number of hydrogen-bond donors (Lipinski definition) is 0. The summed E-state index contributed by atoms with van der Waals surface area (Å²) >= 11 is 0. The Bertz CT molecular complexity index is 353. The van der Waals surface area contributed by atoms with Gasteiger partial charge in [-0.1, -0.05) is 78.2 Å². The van der Waals surface area contributed by atoms with Gasteiger partial charge in [0.15, 0.2) is 0 Å². The van der Waals surface area contributed by atoms with E-state index in [0.29, 0.717) is 16.0 Å². The van der Waals surface area contributed by atoms with Gasteiger partial charge in [-0.2, -0.15) is 0 Å². The minimum atomic E-state index is -0.0951. The molecule has 2 aliphatic carbocycles. The molecule has 0 spiro atoms. The largest absolute Gasteiger partial charge is 2.00 e. The van der Waals surface area contributed by atoms with E-state index in [1.807, 2.05) is 32.1 Å². The molecule has 2 saturated carbocycles. The van der Waals surface area contributed by atoms with Gasteiger partial charge in [-0.3, -0.25) is 0 Å². The summed E-state index contributed by atoms with van der Waals surface area (Å²) in [5, 5.41) is 0.783. The van der Waals surface area contributed by atoms with E-state index >= 15 is 0 Å². The quantitative estimate of drug-likeness (QED) is 0.300. The van der Waals surface area contributed by atoms with Crippen LogP contribution < -0.4 is 0 Å². The van der Waals surface area contributed by atoms with E-state index in [1.54, 1.807) is 11.6 Å². The van der Waals surface area contributed by atoms with Crippen LogP contribution in [0.4, 0.5) is 0 Å². The summed E-state index contributed by atoms with van der Waals surface area (Å²) in [5.41, 5.74) is 2.37. The molecule has 0 heterocycles. The average Bonchev–Trinajstić information content (AvgIpc) is 3.20. The maximum Gasteiger partial charge on any atom is 2.00 e. The second-order valence-corrected chi connectivity index (χ2v) is 15.9. The molecular formula is C24H40FeP2+2. The minimum absolute atomic E-state index is 0. The maximum absolute atomic E-state index is 2.49. The Balaban J connectivity index is 0.000000969. The molecule has 152 valence electrons. The van der Waals surface area contributed by atoms with Gasteiger partial charge in [0.1, 0.15) is 0 Å². The second kappa shape index (κ2) is 12.9. The first-order valence-electron chi connectivity index (χ1n) is 10.0. The third-order valence-electron chi connectivity index (χ3n) is 4.77. The summed E-state index contributed by atoms with van der Waals surface area (Å²) in [4.78, 5) is 0. The first kappa shape index (κ1) is 28.4. The van der Waals surface area contributed by atoms with Gasteiger partial charge in [-0.05, 0) is 85.6 Å². The fraction of sp³-hybridized carbons (Fsp3) is 0.583. The first-order valence-corrected chi connectivity index (χ1v) is 13.1. The van der Waals surface area contributed by atoms with Crippen molar-refractivity contribution in [3.63, 3.8) is 0 Å². The van der Waals surface area contributed by atoms with Gasteiger partial charge in [0.05, 0.1) is 0 Å². The Labute approximate surface area is 186 Å². The smallest absolute Gasteiger partial charge is 0.0990 e. The van der Waals surface area contributed by atoms with E-state index in [1.165, 1.54) is 12.3 Å². The SMILES string of the molecule is CCP(CC)[C]1[CH][CH][CH][C]1C(C)P(C(C)(C)C)C(C)(C)C.[CH]1[CH][CH][CH][CH]1.[Fe+2]. The molecule has 0 saturated heterocycles. The minimum Gasteiger partial charge on any atom is -0.0990 e. The van der Waals surface area contributed by atoms with Crippen LogP contribution in [0, 0.1) is 62.9 Å². The van der Waals surface area contributed by atoms with E-state index in [4.69, 9.17) is 0 Å². The zero-order valence-corrected chi connectivity index (χ0v) is 21.8. The van der Waals surface area contributed by atoms with Crippen LogP contribution >= 0.6 is 15.8 Å². The van der Waals surface area contributed by atoms with Gasteiger partial charge in [0.25, 0.3) is 0 Å². The van der Waals surface area contributed by atoms with Crippen LogP contribution in [-0.4, -0.2) is 28.3 Å². The van der Waals surface area contributed by atoms with Gasteiger partial charge in [-0.15, -0.1) is 0 Å². The van der Waals surface area contributed by atoms with Crippen LogP contribution in [-0.2, 0) is 17.1 Å². The summed E-state index contributed by atoms with van der Waals surface area (Å²) in [6, 6.07) is 0. The van der Waals surface area contributed by atoms with Crippen molar-refractivity contribution in [2.75, 3.05) is 12.3 Å². The molecule has 2 aliphatic rings. The molecule has 10 radical (unpaired) electrons. The fourth-order valence-corrected chi connectivity index (χ4v) is 11.3. The van der Waals surface area contributed by atoms with Crippen molar-refractivity contribution in [3.8, 4) is 0 Å². The topological polar surface area (TPSA) is 0 Å². The molecule has 0 aromatic rings. The van der Waals surface area contributed by atoms with Crippen LogP contribution in [0.25, 0.3) is 0 Å². The Morgan fingerprint density at radius 3 is 1.48 bits per heavy atom. The third-order valence-corrected chi connectivity index (χ3v) is 11.3. The fourth-order valence-electron chi connectivity index (χ4n) is 4.26. The molecule has 0 nitrogen and oxygen atoms in total. The second-order valence-electron chi connectivity index (χ2n) is 8.89. The van der Waals surface area contributed by atoms with Crippen LogP contribution in [0.3, 0.4) is 0 Å². The van der Waals surface area contributed by atoms with Gasteiger partial charge in [0, 0.05) is 5.66 Å². The van der Waals surface area contributed by atoms with Crippen molar-refractivity contribution in [2.45, 2.75) is 78.3 Å². The Morgan fingerprint density at radius 2 is 1.15 bits per heavy atom. The van der Waals surface area contributed by atoms with Crippen molar-refractivity contribution in [1.82, 2.24) is 0 Å². The summed E-state index contributed by atoms with van der Waals surface area (Å²) in [6.45, 7) is 21.8. The van der Waals surface area contributed by atoms with Crippen molar-refractivity contribution in [1.29, 1.82) is 0 Å². The predicted octanol–water partition coefficient (Wildman–Crippen LogP) is 7.73. The molecule has 0 bridgehead atoms. The number of rotatable bonds is 5. The van der Waals surface area contributed by atoms with Gasteiger partial charge >= 0.3 is 17.1 Å². The molecule has 27 heavy (non-hydrogen) atoms. The monoisotopic (exact) mass is 446 g/mol. The Kier molecular flexibility index (Phi) is 13.6. The van der Waals surface area contributed by atoms with E-state index in [9.17, 15) is 0 Å². The summed E-state index contributed by atoms with van der Waals surface area (Å²) in [7, 11) is -0.0488. The van der Waals surface area contributed by atoms with Gasteiger partial charge in [0.2, 0.25) is 0 Å². The number of hydrogen-bond acceptors (Lipinski definition) is 0. The average molecular weight is 446 g/mol. The molecule has 2 rings (SSSR count). The van der Waals surface area contributed by atoms with Crippen LogP contribution in [0.1, 0.15) is 62.3 Å². The van der Waals surface area contributed by atoms with Gasteiger partial charge in [-0.25, -0.2) is 0 Å². The molecule has 2 fully saturated rings. The van der Waals surface area contributed by atoms with Crippen LogP contribution in [0.15, 0.2) is 0 Å². The molecule has 0 amide bonds. The summed E-state index contributed by atoms with van der Waals surface area (Å²) in [5.74, 6) is 1.65. The maximum atomic E-state index is 2.49. The van der Waals surface area contributed by atoms with Crippen molar-refractivity contribution < 1.29 is 17.1 Å². The van der Waals surface area contributed by atoms with Gasteiger partial charge < -0.3 is 0 Å². The zero-order chi connectivity index (χ0) is 20.0. The first-order chi connectivity index (χ1) is 12.0. The molecule has 1 unspecified atom stereocenters.